The Hall–Kier alpha value is -2.92. The normalized spacial score (nSPS) is 11.6. The van der Waals surface area contributed by atoms with Crippen molar-refractivity contribution < 1.29 is 0 Å². The van der Waals surface area contributed by atoms with Gasteiger partial charge in [0.2, 0.25) is 0 Å². The van der Waals surface area contributed by atoms with E-state index in [4.69, 9.17) is 4.98 Å². The monoisotopic (exact) mass is 368 g/mol. The second kappa shape index (κ2) is 7.98. The van der Waals surface area contributed by atoms with Crippen LogP contribution < -0.4 is 0 Å². The number of rotatable bonds is 5. The molecule has 0 radical (unpaired) electrons. The molecule has 28 heavy (non-hydrogen) atoms. The Morgan fingerprint density at radius 1 is 0.821 bits per heavy atom. The van der Waals surface area contributed by atoms with Gasteiger partial charge in [-0.1, -0.05) is 88.4 Å². The molecule has 0 saturated heterocycles. The summed E-state index contributed by atoms with van der Waals surface area (Å²) in [6, 6.07) is 25.4. The second-order valence-corrected chi connectivity index (χ2v) is 8.14. The minimum Gasteiger partial charge on any atom is -0.255 e. The number of hydrogen-bond donors (Lipinski definition) is 0. The van der Waals surface area contributed by atoms with E-state index < -0.39 is 5.41 Å². The second-order valence-electron chi connectivity index (χ2n) is 8.14. The van der Waals surface area contributed by atoms with Crippen molar-refractivity contribution in [1.82, 2.24) is 4.98 Å². The molecule has 0 N–H and O–H groups in total. The van der Waals surface area contributed by atoms with Gasteiger partial charge in [0.25, 0.3) is 0 Å². The lowest BCUT2D eigenvalue weighted by molar-refractivity contribution is 0.644. The summed E-state index contributed by atoms with van der Waals surface area (Å²) in [5, 5.41) is 10.1. The highest BCUT2D eigenvalue weighted by molar-refractivity contribution is 5.56. The molecule has 0 bridgehead atoms. The average Bonchev–Trinajstić information content (AvgIpc) is 2.73. The molecular formula is C26H28N2. The van der Waals surface area contributed by atoms with E-state index >= 15 is 0 Å². The highest BCUT2D eigenvalue weighted by Gasteiger charge is 2.36. The Labute approximate surface area is 168 Å². The van der Waals surface area contributed by atoms with Crippen molar-refractivity contribution in [1.29, 1.82) is 5.26 Å². The van der Waals surface area contributed by atoms with Gasteiger partial charge in [0.05, 0.1) is 16.7 Å². The van der Waals surface area contributed by atoms with Gasteiger partial charge in [0.15, 0.2) is 0 Å². The van der Waals surface area contributed by atoms with Crippen molar-refractivity contribution in [2.45, 2.75) is 51.9 Å². The van der Waals surface area contributed by atoms with E-state index in [1.165, 1.54) is 0 Å². The highest BCUT2D eigenvalue weighted by atomic mass is 14.8. The Kier molecular flexibility index (Phi) is 5.66. The van der Waals surface area contributed by atoms with Crippen molar-refractivity contribution in [3.8, 4) is 6.07 Å². The average molecular weight is 369 g/mol. The molecule has 1 heterocycles. The molecule has 0 spiro atoms. The predicted octanol–water partition coefficient (Wildman–Crippen LogP) is 6.55. The highest BCUT2D eigenvalue weighted by Crippen LogP contribution is 2.41. The van der Waals surface area contributed by atoms with E-state index in [1.54, 1.807) is 0 Å². The lowest BCUT2D eigenvalue weighted by Gasteiger charge is -2.33. The summed E-state index contributed by atoms with van der Waals surface area (Å²) in [7, 11) is 0. The fraction of sp³-hybridized carbons (Fsp3) is 0.308. The molecule has 0 fully saturated rings. The van der Waals surface area contributed by atoms with E-state index in [-0.39, 0.29) is 5.92 Å². The quantitative estimate of drug-likeness (QED) is 0.512. The molecule has 0 aliphatic carbocycles. The molecule has 2 aromatic carbocycles. The minimum atomic E-state index is -0.512. The largest absolute Gasteiger partial charge is 0.255 e. The third kappa shape index (κ3) is 3.45. The third-order valence-corrected chi connectivity index (χ3v) is 5.57. The SMILES string of the molecule is CC(C)c1cc(C(C)C)c(C#N)c(C(C)(c2ccccc2)c2ccccc2)n1. The van der Waals surface area contributed by atoms with E-state index in [0.717, 1.165) is 28.1 Å². The molecule has 142 valence electrons. The molecule has 3 aromatic rings. The van der Waals surface area contributed by atoms with E-state index in [1.807, 2.05) is 12.1 Å². The molecule has 0 saturated carbocycles. The number of aromatic nitrogens is 1. The van der Waals surface area contributed by atoms with Crippen LogP contribution >= 0.6 is 0 Å². The lowest BCUT2D eigenvalue weighted by atomic mass is 9.71. The maximum atomic E-state index is 10.1. The smallest absolute Gasteiger partial charge is 0.101 e. The van der Waals surface area contributed by atoms with Crippen LogP contribution in [0.3, 0.4) is 0 Å². The van der Waals surface area contributed by atoms with Gasteiger partial charge in [0.1, 0.15) is 6.07 Å². The van der Waals surface area contributed by atoms with E-state index in [0.29, 0.717) is 11.5 Å². The molecule has 2 heteroatoms. The molecule has 2 nitrogen and oxygen atoms in total. The first-order valence-corrected chi connectivity index (χ1v) is 9.96. The summed E-state index contributed by atoms with van der Waals surface area (Å²) >= 11 is 0. The van der Waals surface area contributed by atoms with Crippen LogP contribution in [-0.4, -0.2) is 4.98 Å². The van der Waals surface area contributed by atoms with Crippen LogP contribution in [-0.2, 0) is 5.41 Å². The Balaban J connectivity index is 2.43. The van der Waals surface area contributed by atoms with Gasteiger partial charge in [0, 0.05) is 5.69 Å². The Morgan fingerprint density at radius 2 is 1.32 bits per heavy atom. The zero-order chi connectivity index (χ0) is 20.3. The molecule has 0 amide bonds. The van der Waals surface area contributed by atoms with Crippen LogP contribution in [0.15, 0.2) is 66.7 Å². The first-order valence-electron chi connectivity index (χ1n) is 9.96. The minimum absolute atomic E-state index is 0.254. The molecule has 0 aliphatic heterocycles. The third-order valence-electron chi connectivity index (χ3n) is 5.57. The van der Waals surface area contributed by atoms with Crippen molar-refractivity contribution in [2.24, 2.45) is 0 Å². The zero-order valence-electron chi connectivity index (χ0n) is 17.4. The van der Waals surface area contributed by atoms with Crippen LogP contribution in [0.25, 0.3) is 0 Å². The van der Waals surface area contributed by atoms with Gasteiger partial charge in [-0.25, -0.2) is 0 Å². The van der Waals surface area contributed by atoms with Gasteiger partial charge in [-0.15, -0.1) is 0 Å². The molecule has 3 rings (SSSR count). The first-order chi connectivity index (χ1) is 13.4. The number of pyridine rings is 1. The molecule has 1 aromatic heterocycles. The zero-order valence-corrected chi connectivity index (χ0v) is 17.4. The van der Waals surface area contributed by atoms with Crippen molar-refractivity contribution >= 4 is 0 Å². The Morgan fingerprint density at radius 3 is 1.71 bits per heavy atom. The van der Waals surface area contributed by atoms with Gasteiger partial charge >= 0.3 is 0 Å². The fourth-order valence-corrected chi connectivity index (χ4v) is 3.80. The summed E-state index contributed by atoms with van der Waals surface area (Å²) in [6.45, 7) is 10.8. The number of hydrogen-bond acceptors (Lipinski definition) is 2. The van der Waals surface area contributed by atoms with Crippen molar-refractivity contribution in [2.75, 3.05) is 0 Å². The van der Waals surface area contributed by atoms with Crippen LogP contribution in [0.1, 0.15) is 80.1 Å². The number of benzene rings is 2. The standard InChI is InChI=1S/C26H28N2/c1-18(2)22-16-24(19(3)4)28-25(23(22)17-27)26(5,20-12-8-6-9-13-20)21-14-10-7-11-15-21/h6-16,18-19H,1-5H3. The first kappa shape index (κ1) is 19.8. The predicted molar refractivity (Wildman–Crippen MR) is 116 cm³/mol. The van der Waals surface area contributed by atoms with Gasteiger partial charge in [-0.3, -0.25) is 4.98 Å². The maximum Gasteiger partial charge on any atom is 0.101 e. The van der Waals surface area contributed by atoms with E-state index in [2.05, 4.69) is 95.3 Å². The van der Waals surface area contributed by atoms with Crippen molar-refractivity contribution in [3.63, 3.8) is 0 Å². The summed E-state index contributed by atoms with van der Waals surface area (Å²) in [4.78, 5) is 5.09. The molecule has 0 atom stereocenters. The maximum absolute atomic E-state index is 10.1. The lowest BCUT2D eigenvalue weighted by Crippen LogP contribution is -2.29. The van der Waals surface area contributed by atoms with Gasteiger partial charge < -0.3 is 0 Å². The molecule has 0 aliphatic rings. The Bertz CT molecular complexity index is 941. The number of nitriles is 1. The summed E-state index contributed by atoms with van der Waals surface area (Å²) in [5.74, 6) is 0.546. The topological polar surface area (TPSA) is 36.7 Å². The molecule has 0 unspecified atom stereocenters. The fourth-order valence-electron chi connectivity index (χ4n) is 3.80. The van der Waals surface area contributed by atoms with Crippen LogP contribution in [0.2, 0.25) is 0 Å². The van der Waals surface area contributed by atoms with E-state index in [9.17, 15) is 5.26 Å². The van der Waals surface area contributed by atoms with Crippen LogP contribution in [0.4, 0.5) is 0 Å². The summed E-state index contributed by atoms with van der Waals surface area (Å²) in [6.07, 6.45) is 0. The van der Waals surface area contributed by atoms with Gasteiger partial charge in [-0.05, 0) is 41.5 Å². The van der Waals surface area contributed by atoms with Crippen LogP contribution in [0, 0.1) is 11.3 Å². The molecular weight excluding hydrogens is 340 g/mol. The van der Waals surface area contributed by atoms with Crippen molar-refractivity contribution in [3.05, 3.63) is 100 Å². The van der Waals surface area contributed by atoms with Crippen LogP contribution in [0.5, 0.6) is 0 Å². The number of nitrogens with zero attached hydrogens (tertiary/aromatic N) is 2. The summed E-state index contributed by atoms with van der Waals surface area (Å²) in [5.41, 5.74) is 5.44. The summed E-state index contributed by atoms with van der Waals surface area (Å²) < 4.78 is 0. The van der Waals surface area contributed by atoms with Gasteiger partial charge in [-0.2, -0.15) is 5.26 Å².